The first kappa shape index (κ1) is 35.5. The van der Waals surface area contributed by atoms with Crippen molar-refractivity contribution >= 4 is 39.0 Å². The van der Waals surface area contributed by atoms with Gasteiger partial charge in [0.05, 0.1) is 0 Å². The lowest BCUT2D eigenvalue weighted by atomic mass is 9.74. The number of hydrogen-bond donors (Lipinski definition) is 0. The second-order valence-electron chi connectivity index (χ2n) is 17.4. The lowest BCUT2D eigenvalue weighted by Gasteiger charge is -2.31. The van der Waals surface area contributed by atoms with Crippen molar-refractivity contribution in [2.24, 2.45) is 0 Å². The quantitative estimate of drug-likeness (QED) is 0.167. The van der Waals surface area contributed by atoms with Gasteiger partial charge in [0.25, 0.3) is 0 Å². The molecule has 1 aromatic heterocycles. The van der Waals surface area contributed by atoms with Crippen LogP contribution in [-0.2, 0) is 10.8 Å². The Morgan fingerprint density at radius 2 is 0.918 bits per heavy atom. The van der Waals surface area contributed by atoms with Gasteiger partial charge in [0.2, 0.25) is 0 Å². The van der Waals surface area contributed by atoms with Crippen molar-refractivity contribution in [1.29, 1.82) is 0 Å². The van der Waals surface area contributed by atoms with Crippen LogP contribution in [0, 0.1) is 0 Å². The van der Waals surface area contributed by atoms with Gasteiger partial charge >= 0.3 is 0 Å². The molecule has 10 aromatic rings. The molecule has 2 nitrogen and oxygen atoms in total. The topological polar surface area (TPSA) is 16.4 Å². The number of fused-ring (bicyclic) bond motifs is 9. The highest BCUT2D eigenvalue weighted by molar-refractivity contribution is 6.06. The fourth-order valence-electron chi connectivity index (χ4n) is 10.7. The van der Waals surface area contributed by atoms with E-state index in [-0.39, 0.29) is 10.8 Å². The third-order valence-corrected chi connectivity index (χ3v) is 13.8. The summed E-state index contributed by atoms with van der Waals surface area (Å²) in [5.74, 6) is 0. The summed E-state index contributed by atoms with van der Waals surface area (Å²) in [6.07, 6.45) is 0. The predicted molar refractivity (Wildman–Crippen MR) is 254 cm³/mol. The average Bonchev–Trinajstić information content (AvgIpc) is 3.90. The van der Waals surface area contributed by atoms with Crippen molar-refractivity contribution in [3.63, 3.8) is 0 Å². The molecule has 2 heteroatoms. The molecule has 0 saturated heterocycles. The smallest absolute Gasteiger partial charge is 0.136 e. The van der Waals surface area contributed by atoms with Crippen LogP contribution in [0.3, 0.4) is 0 Å². The predicted octanol–water partition coefficient (Wildman–Crippen LogP) is 16.0. The lowest BCUT2D eigenvalue weighted by molar-refractivity contribution is 0.662. The Morgan fingerprint density at radius 1 is 0.361 bits per heavy atom. The molecule has 1 heterocycles. The highest BCUT2D eigenvalue weighted by Crippen LogP contribution is 2.55. The third-order valence-electron chi connectivity index (χ3n) is 13.8. The Kier molecular flexibility index (Phi) is 7.74. The van der Waals surface area contributed by atoms with Crippen LogP contribution in [0.25, 0.3) is 66.4 Å². The molecule has 1 atom stereocenters. The number of anilines is 3. The van der Waals surface area contributed by atoms with Crippen LogP contribution in [0.1, 0.15) is 48.6 Å². The van der Waals surface area contributed by atoms with E-state index in [4.69, 9.17) is 4.42 Å². The number of benzene rings is 9. The molecule has 0 aliphatic heterocycles. The Morgan fingerprint density at radius 3 is 1.69 bits per heavy atom. The summed E-state index contributed by atoms with van der Waals surface area (Å²) in [6.45, 7) is 7.12. The largest absolute Gasteiger partial charge is 0.456 e. The van der Waals surface area contributed by atoms with Gasteiger partial charge in [0.1, 0.15) is 11.2 Å². The molecule has 0 bridgehead atoms. The molecule has 0 fully saturated rings. The van der Waals surface area contributed by atoms with E-state index in [9.17, 15) is 0 Å². The van der Waals surface area contributed by atoms with Gasteiger partial charge in [-0.05, 0) is 134 Å². The van der Waals surface area contributed by atoms with Crippen molar-refractivity contribution in [3.05, 3.63) is 234 Å². The van der Waals surface area contributed by atoms with Gasteiger partial charge in [-0.3, -0.25) is 0 Å². The maximum Gasteiger partial charge on any atom is 0.136 e. The minimum Gasteiger partial charge on any atom is -0.456 e. The fraction of sp³-hybridized carbons (Fsp3) is 0.0847. The molecular formula is C59H43NO. The SMILES string of the molecule is CC1(C)c2ccccc2-c2cccc(-c3ccc(N(c4ccc(-c5ccc6c(c5)oc5ccccc56)cc4)c4ccc5c(c4)C(C)(c4ccccc4)c4ccccc4-5)cc3)c21. The van der Waals surface area contributed by atoms with Gasteiger partial charge in [-0.15, -0.1) is 0 Å². The summed E-state index contributed by atoms with van der Waals surface area (Å²) >= 11 is 0. The van der Waals surface area contributed by atoms with E-state index in [1.54, 1.807) is 0 Å². The number of para-hydroxylation sites is 1. The van der Waals surface area contributed by atoms with Gasteiger partial charge in [-0.2, -0.15) is 0 Å². The first-order valence-corrected chi connectivity index (χ1v) is 21.3. The molecule has 9 aromatic carbocycles. The van der Waals surface area contributed by atoms with E-state index in [1.165, 1.54) is 61.2 Å². The van der Waals surface area contributed by atoms with Crippen molar-refractivity contribution < 1.29 is 4.42 Å². The molecule has 0 N–H and O–H groups in total. The Labute approximate surface area is 357 Å². The molecule has 2 aliphatic carbocycles. The van der Waals surface area contributed by atoms with E-state index in [2.05, 4.69) is 220 Å². The zero-order chi connectivity index (χ0) is 40.9. The summed E-state index contributed by atoms with van der Waals surface area (Å²) in [4.78, 5) is 2.42. The molecule has 0 saturated carbocycles. The summed E-state index contributed by atoms with van der Waals surface area (Å²) in [5.41, 5.74) is 21.5. The van der Waals surface area contributed by atoms with Crippen LogP contribution in [0.4, 0.5) is 17.1 Å². The van der Waals surface area contributed by atoms with Crippen LogP contribution in [0.5, 0.6) is 0 Å². The standard InChI is InChI=1S/C59H43NO/c1-58(2)52-21-10-7-17-47(52)51-20-13-19-45(57(51)58)39-26-31-43(32-27-39)60(42-29-24-38(25-30-42)40-28-34-50-49-18-9-12-23-55(49)61-56(50)36-40)44-33-35-48-46-16-8-11-22-53(46)59(3,54(48)37-44)41-14-5-4-6-15-41/h4-37H,1-3H3. The van der Waals surface area contributed by atoms with E-state index in [0.29, 0.717) is 0 Å². The first-order valence-electron chi connectivity index (χ1n) is 21.3. The normalized spacial score (nSPS) is 15.7. The average molecular weight is 782 g/mol. The van der Waals surface area contributed by atoms with Crippen LogP contribution in [0.15, 0.2) is 211 Å². The van der Waals surface area contributed by atoms with Crippen molar-refractivity contribution in [1.82, 2.24) is 0 Å². The van der Waals surface area contributed by atoms with Gasteiger partial charge in [-0.25, -0.2) is 0 Å². The Bertz CT molecular complexity index is 3340. The molecule has 61 heavy (non-hydrogen) atoms. The molecule has 0 radical (unpaired) electrons. The Balaban J connectivity index is 0.987. The van der Waals surface area contributed by atoms with E-state index in [0.717, 1.165) is 50.1 Å². The van der Waals surface area contributed by atoms with Crippen LogP contribution in [-0.4, -0.2) is 0 Å². The molecule has 1 unspecified atom stereocenters. The monoisotopic (exact) mass is 781 g/mol. The lowest BCUT2D eigenvalue weighted by Crippen LogP contribution is -2.22. The summed E-state index contributed by atoms with van der Waals surface area (Å²) in [6, 6.07) is 75.7. The number of rotatable bonds is 6. The molecule has 0 amide bonds. The van der Waals surface area contributed by atoms with E-state index >= 15 is 0 Å². The zero-order valence-electron chi connectivity index (χ0n) is 34.5. The molecular weight excluding hydrogens is 739 g/mol. The van der Waals surface area contributed by atoms with Crippen LogP contribution < -0.4 is 4.90 Å². The fourth-order valence-corrected chi connectivity index (χ4v) is 10.7. The highest BCUT2D eigenvalue weighted by atomic mass is 16.3. The van der Waals surface area contributed by atoms with Gasteiger partial charge in [0.15, 0.2) is 0 Å². The molecule has 0 spiro atoms. The minimum absolute atomic E-state index is 0.0999. The maximum atomic E-state index is 6.29. The Hall–Kier alpha value is -7.42. The maximum absolute atomic E-state index is 6.29. The van der Waals surface area contributed by atoms with Gasteiger partial charge in [-0.1, -0.05) is 166 Å². The highest BCUT2D eigenvalue weighted by Gasteiger charge is 2.41. The number of nitrogens with zero attached hydrogens (tertiary/aromatic N) is 1. The molecule has 12 rings (SSSR count). The molecule has 2 aliphatic rings. The third kappa shape index (κ3) is 5.28. The minimum atomic E-state index is -0.310. The van der Waals surface area contributed by atoms with Gasteiger partial charge < -0.3 is 9.32 Å². The summed E-state index contributed by atoms with van der Waals surface area (Å²) in [5, 5.41) is 2.28. The number of hydrogen-bond acceptors (Lipinski definition) is 2. The van der Waals surface area contributed by atoms with E-state index < -0.39 is 0 Å². The van der Waals surface area contributed by atoms with Crippen molar-refractivity contribution in [2.75, 3.05) is 4.90 Å². The second-order valence-corrected chi connectivity index (χ2v) is 17.4. The van der Waals surface area contributed by atoms with Crippen molar-refractivity contribution in [3.8, 4) is 44.5 Å². The van der Waals surface area contributed by atoms with Crippen molar-refractivity contribution in [2.45, 2.75) is 31.6 Å². The van der Waals surface area contributed by atoms with Gasteiger partial charge in [0, 0.05) is 38.7 Å². The first-order chi connectivity index (χ1) is 29.9. The zero-order valence-corrected chi connectivity index (χ0v) is 34.5. The van der Waals surface area contributed by atoms with E-state index in [1.807, 2.05) is 12.1 Å². The van der Waals surface area contributed by atoms with Crippen LogP contribution >= 0.6 is 0 Å². The number of furan rings is 1. The molecule has 290 valence electrons. The summed E-state index contributed by atoms with van der Waals surface area (Å²) < 4.78 is 6.29. The second kappa shape index (κ2) is 13.3. The van der Waals surface area contributed by atoms with Crippen LogP contribution in [0.2, 0.25) is 0 Å². The summed E-state index contributed by atoms with van der Waals surface area (Å²) in [7, 11) is 0.